The van der Waals surface area contributed by atoms with Crippen molar-refractivity contribution in [1.82, 2.24) is 19.8 Å². The van der Waals surface area contributed by atoms with Crippen LogP contribution in [0.2, 0.25) is 0 Å². The van der Waals surface area contributed by atoms with Crippen LogP contribution in [0.3, 0.4) is 0 Å². The summed E-state index contributed by atoms with van der Waals surface area (Å²) in [5, 5.41) is 12.4. The molecule has 12 nitrogen and oxygen atoms in total. The number of carbonyl (C=O) groups is 3. The van der Waals surface area contributed by atoms with E-state index in [1.54, 1.807) is 18.1 Å². The van der Waals surface area contributed by atoms with Crippen LogP contribution < -0.4 is 15.1 Å². The normalized spacial score (nSPS) is 19.6. The van der Waals surface area contributed by atoms with Crippen molar-refractivity contribution in [1.29, 1.82) is 5.26 Å². The van der Waals surface area contributed by atoms with E-state index >= 15 is 0 Å². The molecule has 3 amide bonds. The smallest absolute Gasteiger partial charge is 0.328 e. The summed E-state index contributed by atoms with van der Waals surface area (Å²) in [6, 6.07) is 5.37. The number of methoxy groups -OCH3 is 1. The van der Waals surface area contributed by atoms with E-state index in [0.29, 0.717) is 73.9 Å². The predicted octanol–water partition coefficient (Wildman–Crippen LogP) is 1.64. The second-order valence-electron chi connectivity index (χ2n) is 10.2. The maximum Gasteiger partial charge on any atom is 0.328 e. The number of pyridine rings is 2. The molecule has 0 radical (unpaired) electrons. The molecule has 1 N–H and O–H groups in total. The maximum atomic E-state index is 13.4. The first-order chi connectivity index (χ1) is 18.9. The first-order valence-electron chi connectivity index (χ1n) is 13.1. The first-order valence-corrected chi connectivity index (χ1v) is 13.1. The molecule has 204 valence electrons. The van der Waals surface area contributed by atoms with Crippen molar-refractivity contribution in [3.05, 3.63) is 40.7 Å². The number of hydrogen-bond donors (Lipinski definition) is 1. The van der Waals surface area contributed by atoms with Gasteiger partial charge in [0, 0.05) is 64.2 Å². The van der Waals surface area contributed by atoms with E-state index in [0.717, 1.165) is 31.5 Å². The van der Waals surface area contributed by atoms with E-state index in [1.807, 2.05) is 18.0 Å². The number of aromatic nitrogens is 2. The molecule has 5 rings (SSSR count). The molecule has 2 aromatic rings. The zero-order valence-corrected chi connectivity index (χ0v) is 22.2. The Morgan fingerprint density at radius 2 is 2.13 bits per heavy atom. The Balaban J connectivity index is 1.35. The van der Waals surface area contributed by atoms with Gasteiger partial charge in [-0.3, -0.25) is 24.7 Å². The van der Waals surface area contributed by atoms with Crippen LogP contribution >= 0.6 is 0 Å². The fourth-order valence-corrected chi connectivity index (χ4v) is 5.36. The summed E-state index contributed by atoms with van der Waals surface area (Å²) < 4.78 is 5.45. The van der Waals surface area contributed by atoms with Crippen LogP contribution in [0.1, 0.15) is 40.0 Å². The summed E-state index contributed by atoms with van der Waals surface area (Å²) >= 11 is 0. The van der Waals surface area contributed by atoms with Crippen molar-refractivity contribution in [3.8, 4) is 6.07 Å². The van der Waals surface area contributed by atoms with Gasteiger partial charge in [0.25, 0.3) is 0 Å². The summed E-state index contributed by atoms with van der Waals surface area (Å²) in [5.74, 6) is 0.772. The summed E-state index contributed by atoms with van der Waals surface area (Å²) in [4.78, 5) is 54.0. The summed E-state index contributed by atoms with van der Waals surface area (Å²) in [6.45, 7) is 3.84. The second-order valence-corrected chi connectivity index (χ2v) is 10.2. The molecule has 2 aromatic heterocycles. The van der Waals surface area contributed by atoms with Crippen LogP contribution in [0.4, 0.5) is 22.1 Å². The number of fused-ring (bicyclic) bond motifs is 1. The number of nitriles is 1. The molecule has 1 atom stereocenters. The zero-order chi connectivity index (χ0) is 27.5. The van der Waals surface area contributed by atoms with E-state index in [9.17, 15) is 19.6 Å². The number of nitrogens with zero attached hydrogens (tertiary/aromatic N) is 7. The molecule has 3 aliphatic rings. The number of ether oxygens (including phenoxy) is 1. The second kappa shape index (κ2) is 11.3. The van der Waals surface area contributed by atoms with Crippen molar-refractivity contribution >= 4 is 35.5 Å². The average Bonchev–Trinajstić information content (AvgIpc) is 3.43. The van der Waals surface area contributed by atoms with Gasteiger partial charge >= 0.3 is 6.03 Å². The van der Waals surface area contributed by atoms with Crippen LogP contribution in [0, 0.1) is 11.3 Å². The molecule has 0 bridgehead atoms. The third-order valence-corrected chi connectivity index (χ3v) is 7.56. The number of aryl methyl sites for hydroxylation is 1. The molecule has 12 heteroatoms. The van der Waals surface area contributed by atoms with Gasteiger partial charge < -0.3 is 14.5 Å². The highest BCUT2D eigenvalue weighted by molar-refractivity contribution is 6.02. The third kappa shape index (κ3) is 5.55. The zero-order valence-electron chi connectivity index (χ0n) is 22.2. The molecular weight excluding hydrogens is 500 g/mol. The lowest BCUT2D eigenvalue weighted by Gasteiger charge is -2.33. The number of amides is 3. The Morgan fingerprint density at radius 3 is 2.85 bits per heavy atom. The molecule has 0 aromatic carbocycles. The number of anilines is 3. The number of nitrogens with one attached hydrogen (secondary N) is 1. The van der Waals surface area contributed by atoms with Crippen LogP contribution in [0.5, 0.6) is 0 Å². The Bertz CT molecular complexity index is 1330. The number of rotatable bonds is 6. The van der Waals surface area contributed by atoms with Crippen molar-refractivity contribution in [2.75, 3.05) is 68.5 Å². The van der Waals surface area contributed by atoms with Crippen molar-refractivity contribution in [2.24, 2.45) is 0 Å². The fourth-order valence-electron chi connectivity index (χ4n) is 5.36. The van der Waals surface area contributed by atoms with Crippen molar-refractivity contribution in [2.45, 2.75) is 31.9 Å². The molecule has 0 spiro atoms. The summed E-state index contributed by atoms with van der Waals surface area (Å²) in [7, 11) is 3.58. The highest BCUT2D eigenvalue weighted by Gasteiger charge is 2.29. The SMILES string of the molecule is COC1CCN(c2cc(NC(=O)N3CCCc4cc(CN5CCN(C)CC5=O)c(C=O)nc43)ncc2C#N)C1. The van der Waals surface area contributed by atoms with Crippen molar-refractivity contribution in [3.63, 3.8) is 0 Å². The molecule has 39 heavy (non-hydrogen) atoms. The number of aldehydes is 1. The molecule has 0 saturated carbocycles. The number of carbonyl (C=O) groups excluding carboxylic acids is 3. The number of hydrogen-bond acceptors (Lipinski definition) is 9. The monoisotopic (exact) mass is 532 g/mol. The molecule has 2 fully saturated rings. The Kier molecular flexibility index (Phi) is 7.72. The molecule has 5 heterocycles. The largest absolute Gasteiger partial charge is 0.380 e. The van der Waals surface area contributed by atoms with Gasteiger partial charge in [-0.1, -0.05) is 0 Å². The highest BCUT2D eigenvalue weighted by Crippen LogP contribution is 2.30. The average molecular weight is 533 g/mol. The molecule has 2 saturated heterocycles. The van der Waals surface area contributed by atoms with Crippen molar-refractivity contribution < 1.29 is 19.1 Å². The van der Waals surface area contributed by atoms with Crippen LogP contribution in [0.25, 0.3) is 0 Å². The van der Waals surface area contributed by atoms with Gasteiger partial charge in [-0.2, -0.15) is 5.26 Å². The Morgan fingerprint density at radius 1 is 1.28 bits per heavy atom. The van der Waals surface area contributed by atoms with E-state index in [1.165, 1.54) is 11.1 Å². The first kappa shape index (κ1) is 26.5. The number of piperazine rings is 1. The Hall–Kier alpha value is -4.08. The van der Waals surface area contributed by atoms with Gasteiger partial charge in [-0.05, 0) is 37.9 Å². The lowest BCUT2D eigenvalue weighted by molar-refractivity contribution is -0.136. The maximum absolute atomic E-state index is 13.4. The van der Waals surface area contributed by atoms with Gasteiger partial charge in [0.15, 0.2) is 6.29 Å². The minimum Gasteiger partial charge on any atom is -0.380 e. The molecule has 1 unspecified atom stereocenters. The quantitative estimate of drug-likeness (QED) is 0.551. The minimum atomic E-state index is -0.415. The third-order valence-electron chi connectivity index (χ3n) is 7.56. The summed E-state index contributed by atoms with van der Waals surface area (Å²) in [5.41, 5.74) is 2.89. The van der Waals surface area contributed by atoms with Gasteiger partial charge in [-0.15, -0.1) is 0 Å². The molecular formula is C27H32N8O4. The fraction of sp³-hybridized carbons (Fsp3) is 0.481. The lowest BCUT2D eigenvalue weighted by Crippen LogP contribution is -2.48. The van der Waals surface area contributed by atoms with E-state index < -0.39 is 6.03 Å². The highest BCUT2D eigenvalue weighted by atomic mass is 16.5. The molecule has 3 aliphatic heterocycles. The van der Waals surface area contributed by atoms with E-state index in [2.05, 4.69) is 26.3 Å². The standard InChI is InChI=1S/C27H32N8O4/c1-32-8-9-34(25(37)16-32)14-19-10-18-4-3-6-35(26(18)30-22(19)17-36)27(38)31-24-11-23(20(12-28)13-29-24)33-7-5-21(15-33)39-2/h10-11,13,17,21H,3-9,14-16H2,1-2H3,(H,29,31,38). The van der Waals surface area contributed by atoms with Gasteiger partial charge in [0.2, 0.25) is 5.91 Å². The van der Waals surface area contributed by atoms with Gasteiger partial charge in [-0.25, -0.2) is 14.8 Å². The van der Waals surface area contributed by atoms with E-state index in [-0.39, 0.29) is 17.7 Å². The van der Waals surface area contributed by atoms with Gasteiger partial charge in [0.1, 0.15) is 23.4 Å². The van der Waals surface area contributed by atoms with Crippen LogP contribution in [0.15, 0.2) is 18.3 Å². The molecule has 0 aliphatic carbocycles. The van der Waals surface area contributed by atoms with Gasteiger partial charge in [0.05, 0.1) is 23.9 Å². The number of urea groups is 1. The predicted molar refractivity (Wildman–Crippen MR) is 144 cm³/mol. The Labute approximate surface area is 227 Å². The minimum absolute atomic E-state index is 0.0141. The van der Waals surface area contributed by atoms with Crippen LogP contribution in [-0.4, -0.2) is 97.5 Å². The summed E-state index contributed by atoms with van der Waals surface area (Å²) in [6.07, 6.45) is 4.52. The van der Waals surface area contributed by atoms with Crippen LogP contribution in [-0.2, 0) is 22.5 Å². The topological polar surface area (TPSA) is 135 Å². The number of likely N-dealkylation sites (N-methyl/N-ethyl adjacent to an activating group) is 1. The lowest BCUT2D eigenvalue weighted by atomic mass is 10.0. The van der Waals surface area contributed by atoms with E-state index in [4.69, 9.17) is 4.74 Å².